The molecule has 1 amide bonds. The SMILES string of the molecule is CNC(=O)c1ccccc1Nc1cc(Nc2cc(C)c(C3CCN(CCCCCCN)CC3)cc2OC(C)C)ncc1C(F)(F)F. The third kappa shape index (κ3) is 9.35. The Kier molecular flexibility index (Phi) is 12.3. The fourth-order valence-electron chi connectivity index (χ4n) is 5.95. The van der Waals surface area contributed by atoms with Crippen molar-refractivity contribution in [3.05, 3.63) is 70.9 Å². The average Bonchev–Trinajstić information content (AvgIpc) is 3.02. The molecule has 1 aromatic heterocycles. The molecule has 46 heavy (non-hydrogen) atoms. The zero-order valence-electron chi connectivity index (χ0n) is 27.3. The largest absolute Gasteiger partial charge is 0.489 e. The summed E-state index contributed by atoms with van der Waals surface area (Å²) in [6, 6.07) is 11.8. The number of nitrogens with zero attached hydrogens (tertiary/aromatic N) is 2. The molecule has 0 unspecified atom stereocenters. The number of anilines is 4. The van der Waals surface area contributed by atoms with E-state index in [2.05, 4.69) is 38.8 Å². The highest BCUT2D eigenvalue weighted by Gasteiger charge is 2.35. The minimum atomic E-state index is -4.67. The van der Waals surface area contributed by atoms with Crippen molar-refractivity contribution in [3.8, 4) is 5.75 Å². The average molecular weight is 641 g/mol. The second kappa shape index (κ2) is 16.1. The number of nitrogens with one attached hydrogen (secondary N) is 3. The number of amides is 1. The molecule has 4 rings (SSSR count). The van der Waals surface area contributed by atoms with Crippen molar-refractivity contribution >= 4 is 28.8 Å². The second-order valence-electron chi connectivity index (χ2n) is 12.2. The van der Waals surface area contributed by atoms with Crippen molar-refractivity contribution in [3.63, 3.8) is 0 Å². The number of carbonyl (C=O) groups is 1. The monoisotopic (exact) mass is 640 g/mol. The summed E-state index contributed by atoms with van der Waals surface area (Å²) >= 11 is 0. The Morgan fingerprint density at radius 1 is 1.02 bits per heavy atom. The predicted molar refractivity (Wildman–Crippen MR) is 179 cm³/mol. The van der Waals surface area contributed by atoms with Crippen molar-refractivity contribution in [1.82, 2.24) is 15.2 Å². The van der Waals surface area contributed by atoms with Crippen LogP contribution in [0.25, 0.3) is 0 Å². The van der Waals surface area contributed by atoms with E-state index < -0.39 is 17.6 Å². The van der Waals surface area contributed by atoms with E-state index in [1.165, 1.54) is 37.9 Å². The number of ether oxygens (including phenoxy) is 1. The summed E-state index contributed by atoms with van der Waals surface area (Å²) in [5, 5.41) is 8.55. The fraction of sp³-hybridized carbons (Fsp3) is 0.486. The van der Waals surface area contributed by atoms with Crippen molar-refractivity contribution in [2.45, 2.75) is 77.5 Å². The Morgan fingerprint density at radius 3 is 2.41 bits per heavy atom. The minimum absolute atomic E-state index is 0.115. The number of piperidine rings is 1. The molecular weight excluding hydrogens is 593 g/mol. The van der Waals surface area contributed by atoms with Crippen molar-refractivity contribution in [2.24, 2.45) is 5.73 Å². The number of nitrogens with two attached hydrogens (primary N) is 1. The van der Waals surface area contributed by atoms with Crippen LogP contribution in [0.15, 0.2) is 48.7 Å². The summed E-state index contributed by atoms with van der Waals surface area (Å²) in [5.74, 6) is 0.809. The third-order valence-electron chi connectivity index (χ3n) is 8.33. The normalized spacial score (nSPS) is 14.4. The van der Waals surface area contributed by atoms with Gasteiger partial charge in [0.1, 0.15) is 11.6 Å². The van der Waals surface area contributed by atoms with Gasteiger partial charge in [0.2, 0.25) is 0 Å². The lowest BCUT2D eigenvalue weighted by Crippen LogP contribution is -2.33. The van der Waals surface area contributed by atoms with Gasteiger partial charge in [0.05, 0.1) is 34.3 Å². The summed E-state index contributed by atoms with van der Waals surface area (Å²) in [6.07, 6.45) is 2.83. The Balaban J connectivity index is 1.57. The highest BCUT2D eigenvalue weighted by atomic mass is 19.4. The molecule has 2 heterocycles. The number of aryl methyl sites for hydroxylation is 1. The number of carbonyl (C=O) groups excluding carboxylic acids is 1. The van der Waals surface area contributed by atoms with Gasteiger partial charge in [-0.05, 0) is 114 Å². The van der Waals surface area contributed by atoms with Crippen LogP contribution in [0, 0.1) is 6.92 Å². The lowest BCUT2D eigenvalue weighted by atomic mass is 9.86. The summed E-state index contributed by atoms with van der Waals surface area (Å²) in [5.41, 5.74) is 7.84. The molecule has 0 aliphatic carbocycles. The number of unbranched alkanes of at least 4 members (excludes halogenated alkanes) is 3. The van der Waals surface area contributed by atoms with Crippen LogP contribution >= 0.6 is 0 Å². The van der Waals surface area contributed by atoms with Gasteiger partial charge in [0, 0.05) is 19.3 Å². The molecule has 1 aliphatic rings. The van der Waals surface area contributed by atoms with Crippen LogP contribution in [-0.2, 0) is 6.18 Å². The molecule has 1 saturated heterocycles. The van der Waals surface area contributed by atoms with E-state index in [0.717, 1.165) is 57.2 Å². The summed E-state index contributed by atoms with van der Waals surface area (Å²) < 4.78 is 48.3. The fourth-order valence-corrected chi connectivity index (χ4v) is 5.95. The maximum Gasteiger partial charge on any atom is 0.419 e. The zero-order valence-corrected chi connectivity index (χ0v) is 27.3. The van der Waals surface area contributed by atoms with Gasteiger partial charge in [-0.15, -0.1) is 0 Å². The molecule has 2 aromatic carbocycles. The predicted octanol–water partition coefficient (Wildman–Crippen LogP) is 7.74. The number of benzene rings is 2. The molecule has 1 fully saturated rings. The van der Waals surface area contributed by atoms with Gasteiger partial charge < -0.3 is 31.3 Å². The summed E-state index contributed by atoms with van der Waals surface area (Å²) in [4.78, 5) is 19.0. The van der Waals surface area contributed by atoms with Crippen LogP contribution in [-0.4, -0.2) is 55.1 Å². The van der Waals surface area contributed by atoms with Gasteiger partial charge in [0.15, 0.2) is 0 Å². The molecular formula is C35H47F3N6O2. The van der Waals surface area contributed by atoms with E-state index in [1.807, 2.05) is 19.9 Å². The van der Waals surface area contributed by atoms with Gasteiger partial charge in [0.25, 0.3) is 5.91 Å². The first-order chi connectivity index (χ1) is 22.0. The summed E-state index contributed by atoms with van der Waals surface area (Å²) in [6.45, 7) is 9.93. The first kappa shape index (κ1) is 35.0. The van der Waals surface area contributed by atoms with Crippen LogP contribution in [0.1, 0.15) is 85.3 Å². The molecule has 250 valence electrons. The molecule has 0 bridgehead atoms. The lowest BCUT2D eigenvalue weighted by Gasteiger charge is -2.33. The Hall–Kier alpha value is -3.83. The number of aromatic nitrogens is 1. The van der Waals surface area contributed by atoms with Gasteiger partial charge in [-0.3, -0.25) is 4.79 Å². The number of pyridine rings is 1. The van der Waals surface area contributed by atoms with Crippen LogP contribution in [0.4, 0.5) is 36.1 Å². The third-order valence-corrected chi connectivity index (χ3v) is 8.33. The maximum atomic E-state index is 14.0. The Labute approximate surface area is 270 Å². The minimum Gasteiger partial charge on any atom is -0.489 e. The van der Waals surface area contributed by atoms with Crippen LogP contribution in [0.2, 0.25) is 0 Å². The number of rotatable bonds is 14. The second-order valence-corrected chi connectivity index (χ2v) is 12.2. The number of alkyl halides is 3. The molecule has 11 heteroatoms. The smallest absolute Gasteiger partial charge is 0.419 e. The first-order valence-corrected chi connectivity index (χ1v) is 16.2. The van der Waals surface area contributed by atoms with E-state index in [-0.39, 0.29) is 28.9 Å². The first-order valence-electron chi connectivity index (χ1n) is 16.2. The maximum absolute atomic E-state index is 14.0. The number of hydrogen-bond donors (Lipinski definition) is 4. The number of halogens is 3. The van der Waals surface area contributed by atoms with Gasteiger partial charge in [-0.2, -0.15) is 13.2 Å². The van der Waals surface area contributed by atoms with E-state index in [0.29, 0.717) is 17.4 Å². The van der Waals surface area contributed by atoms with E-state index in [9.17, 15) is 18.0 Å². The molecule has 1 aliphatic heterocycles. The van der Waals surface area contributed by atoms with Gasteiger partial charge in [-0.25, -0.2) is 4.98 Å². The standard InChI is InChI=1S/C35H47F3N6O2/c1-23(2)46-32-20-27(25-13-17-44(18-14-25)16-10-6-5-9-15-39)24(3)19-31(32)43-33-21-30(28(22-41-33)35(36,37)38)42-29-12-8-7-11-26(29)34(45)40-4/h7-8,11-12,19-23,25H,5-6,9-10,13-18,39H2,1-4H3,(H,40,45)(H2,41,42,43). The van der Waals surface area contributed by atoms with E-state index in [4.69, 9.17) is 10.5 Å². The number of para-hydroxylation sites is 1. The van der Waals surface area contributed by atoms with Crippen molar-refractivity contribution < 1.29 is 22.7 Å². The van der Waals surface area contributed by atoms with Gasteiger partial charge >= 0.3 is 6.18 Å². The molecule has 0 atom stereocenters. The topological polar surface area (TPSA) is 105 Å². The number of likely N-dealkylation sites (tertiary alicyclic amines) is 1. The lowest BCUT2D eigenvalue weighted by molar-refractivity contribution is -0.137. The van der Waals surface area contributed by atoms with Crippen molar-refractivity contribution in [2.75, 3.05) is 43.9 Å². The van der Waals surface area contributed by atoms with Gasteiger partial charge in [-0.1, -0.05) is 25.0 Å². The molecule has 0 saturated carbocycles. The Morgan fingerprint density at radius 2 is 1.74 bits per heavy atom. The molecule has 0 spiro atoms. The van der Waals surface area contributed by atoms with Crippen LogP contribution in [0.3, 0.4) is 0 Å². The highest BCUT2D eigenvalue weighted by Crippen LogP contribution is 2.40. The summed E-state index contributed by atoms with van der Waals surface area (Å²) in [7, 11) is 1.47. The Bertz CT molecular complexity index is 1450. The van der Waals surface area contributed by atoms with E-state index in [1.54, 1.807) is 24.3 Å². The molecule has 0 radical (unpaired) electrons. The molecule has 3 aromatic rings. The van der Waals surface area contributed by atoms with E-state index >= 15 is 0 Å². The molecule has 5 N–H and O–H groups in total. The van der Waals surface area contributed by atoms with Crippen LogP contribution < -0.4 is 26.4 Å². The highest BCUT2D eigenvalue weighted by molar-refractivity contribution is 6.00. The quantitative estimate of drug-likeness (QED) is 0.134. The number of hydrogen-bond acceptors (Lipinski definition) is 7. The zero-order chi connectivity index (χ0) is 33.3. The van der Waals surface area contributed by atoms with Crippen molar-refractivity contribution in [1.29, 1.82) is 0 Å². The molecule has 8 nitrogen and oxygen atoms in total. The van der Waals surface area contributed by atoms with Crippen LogP contribution in [0.5, 0.6) is 5.75 Å².